The summed E-state index contributed by atoms with van der Waals surface area (Å²) in [5.74, 6) is 0. The molecule has 1 heterocycles. The largest absolute Gasteiger partial charge is 0.390 e. The maximum Gasteiger partial charge on any atom is 0.0857 e. The first-order valence-electron chi connectivity index (χ1n) is 7.99. The summed E-state index contributed by atoms with van der Waals surface area (Å²) < 4.78 is 7.65. The summed E-state index contributed by atoms with van der Waals surface area (Å²) in [5, 5.41) is 14.9. The van der Waals surface area contributed by atoms with Gasteiger partial charge in [0, 0.05) is 19.2 Å². The SMILES string of the molecule is CCCC(OCC)C(O)Cc1ccn(C(CC)CC)n1. The van der Waals surface area contributed by atoms with Crippen LogP contribution >= 0.6 is 0 Å². The third-order valence-electron chi connectivity index (χ3n) is 3.78. The van der Waals surface area contributed by atoms with E-state index in [2.05, 4.69) is 25.9 Å². The molecule has 0 amide bonds. The van der Waals surface area contributed by atoms with Gasteiger partial charge in [-0.1, -0.05) is 27.2 Å². The van der Waals surface area contributed by atoms with Crippen LogP contribution in [0.2, 0.25) is 0 Å². The average molecular weight is 282 g/mol. The fourth-order valence-electron chi connectivity index (χ4n) is 2.58. The van der Waals surface area contributed by atoms with Crippen molar-refractivity contribution in [1.82, 2.24) is 9.78 Å². The molecule has 0 bridgehead atoms. The van der Waals surface area contributed by atoms with Crippen molar-refractivity contribution in [2.45, 2.75) is 78.0 Å². The molecule has 1 rings (SSSR count). The van der Waals surface area contributed by atoms with E-state index in [1.165, 1.54) is 0 Å². The molecule has 1 N–H and O–H groups in total. The van der Waals surface area contributed by atoms with Gasteiger partial charge in [0.2, 0.25) is 0 Å². The molecule has 0 aliphatic heterocycles. The van der Waals surface area contributed by atoms with Crippen LogP contribution in [-0.2, 0) is 11.2 Å². The second-order valence-corrected chi connectivity index (χ2v) is 5.31. The standard InChI is InChI=1S/C16H30N2O2/c1-5-9-16(20-8-4)15(19)12-13-10-11-18(17-13)14(6-2)7-3/h10-11,14-16,19H,5-9,12H2,1-4H3. The fourth-order valence-corrected chi connectivity index (χ4v) is 2.58. The molecule has 2 atom stereocenters. The van der Waals surface area contributed by atoms with E-state index in [1.54, 1.807) is 0 Å². The molecular formula is C16H30N2O2. The third-order valence-corrected chi connectivity index (χ3v) is 3.78. The van der Waals surface area contributed by atoms with Gasteiger partial charge in [-0.05, 0) is 32.3 Å². The molecule has 0 saturated heterocycles. The van der Waals surface area contributed by atoms with E-state index in [9.17, 15) is 5.11 Å². The molecule has 0 aliphatic rings. The molecule has 4 nitrogen and oxygen atoms in total. The van der Waals surface area contributed by atoms with Gasteiger partial charge in [0.1, 0.15) is 0 Å². The van der Waals surface area contributed by atoms with Gasteiger partial charge in [0.05, 0.1) is 23.9 Å². The highest BCUT2D eigenvalue weighted by Crippen LogP contribution is 2.16. The van der Waals surface area contributed by atoms with E-state index in [0.29, 0.717) is 19.1 Å². The minimum Gasteiger partial charge on any atom is -0.390 e. The topological polar surface area (TPSA) is 47.3 Å². The molecule has 0 fully saturated rings. The summed E-state index contributed by atoms with van der Waals surface area (Å²) in [6.07, 6.45) is 6.11. The van der Waals surface area contributed by atoms with Crippen molar-refractivity contribution in [1.29, 1.82) is 0 Å². The molecule has 116 valence electrons. The zero-order valence-corrected chi connectivity index (χ0v) is 13.4. The van der Waals surface area contributed by atoms with Gasteiger partial charge in [-0.3, -0.25) is 4.68 Å². The van der Waals surface area contributed by atoms with Gasteiger partial charge in [0.25, 0.3) is 0 Å². The fraction of sp³-hybridized carbons (Fsp3) is 0.812. The van der Waals surface area contributed by atoms with Crippen LogP contribution < -0.4 is 0 Å². The number of aliphatic hydroxyl groups excluding tert-OH is 1. The lowest BCUT2D eigenvalue weighted by Crippen LogP contribution is -2.31. The van der Waals surface area contributed by atoms with Crippen LogP contribution in [0.25, 0.3) is 0 Å². The van der Waals surface area contributed by atoms with Gasteiger partial charge in [-0.25, -0.2) is 0 Å². The predicted octanol–water partition coefficient (Wildman–Crippen LogP) is 3.35. The van der Waals surface area contributed by atoms with Crippen LogP contribution in [0, 0.1) is 0 Å². The molecule has 0 saturated carbocycles. The Labute approximate surface area is 123 Å². The van der Waals surface area contributed by atoms with Crippen molar-refractivity contribution in [2.75, 3.05) is 6.61 Å². The van der Waals surface area contributed by atoms with Crippen molar-refractivity contribution in [3.63, 3.8) is 0 Å². The van der Waals surface area contributed by atoms with E-state index in [-0.39, 0.29) is 6.10 Å². The number of hydrogen-bond acceptors (Lipinski definition) is 3. The first-order chi connectivity index (χ1) is 9.65. The van der Waals surface area contributed by atoms with Crippen LogP contribution in [0.15, 0.2) is 12.3 Å². The summed E-state index contributed by atoms with van der Waals surface area (Å²) in [6.45, 7) is 9.08. The first-order valence-corrected chi connectivity index (χ1v) is 7.99. The van der Waals surface area contributed by atoms with Crippen molar-refractivity contribution in [3.05, 3.63) is 18.0 Å². The number of aromatic nitrogens is 2. The van der Waals surface area contributed by atoms with Crippen LogP contribution in [0.3, 0.4) is 0 Å². The molecule has 0 radical (unpaired) electrons. The summed E-state index contributed by atoms with van der Waals surface area (Å²) in [6, 6.07) is 2.47. The monoisotopic (exact) mass is 282 g/mol. The quantitative estimate of drug-likeness (QED) is 0.716. The summed E-state index contributed by atoms with van der Waals surface area (Å²) in [5.41, 5.74) is 0.949. The number of rotatable bonds is 10. The Balaban J connectivity index is 2.62. The zero-order chi connectivity index (χ0) is 15.0. The maximum absolute atomic E-state index is 10.3. The first kappa shape index (κ1) is 17.2. The predicted molar refractivity (Wildman–Crippen MR) is 81.9 cm³/mol. The highest BCUT2D eigenvalue weighted by molar-refractivity contribution is 5.02. The smallest absolute Gasteiger partial charge is 0.0857 e. The van der Waals surface area contributed by atoms with E-state index >= 15 is 0 Å². The van der Waals surface area contributed by atoms with Gasteiger partial charge >= 0.3 is 0 Å². The van der Waals surface area contributed by atoms with Crippen molar-refractivity contribution in [2.24, 2.45) is 0 Å². The summed E-state index contributed by atoms with van der Waals surface area (Å²) >= 11 is 0. The van der Waals surface area contributed by atoms with Crippen LogP contribution in [0.5, 0.6) is 0 Å². The minimum absolute atomic E-state index is 0.0803. The van der Waals surface area contributed by atoms with Gasteiger partial charge in [-0.2, -0.15) is 5.10 Å². The normalized spacial score (nSPS) is 14.7. The number of hydrogen-bond donors (Lipinski definition) is 1. The van der Waals surface area contributed by atoms with E-state index in [0.717, 1.165) is 31.4 Å². The molecular weight excluding hydrogens is 252 g/mol. The Morgan fingerprint density at radius 1 is 1.25 bits per heavy atom. The Kier molecular flexibility index (Phi) is 7.85. The van der Waals surface area contributed by atoms with E-state index in [4.69, 9.17) is 4.74 Å². The molecule has 0 aromatic carbocycles. The zero-order valence-electron chi connectivity index (χ0n) is 13.4. The number of nitrogens with zero attached hydrogens (tertiary/aromatic N) is 2. The van der Waals surface area contributed by atoms with Crippen LogP contribution in [-0.4, -0.2) is 33.7 Å². The van der Waals surface area contributed by atoms with E-state index in [1.807, 2.05) is 23.9 Å². The van der Waals surface area contributed by atoms with Gasteiger partial charge in [-0.15, -0.1) is 0 Å². The van der Waals surface area contributed by atoms with Crippen LogP contribution in [0.4, 0.5) is 0 Å². The molecule has 2 unspecified atom stereocenters. The lowest BCUT2D eigenvalue weighted by Gasteiger charge is -2.21. The van der Waals surface area contributed by atoms with Crippen LogP contribution in [0.1, 0.15) is 65.1 Å². The summed E-state index contributed by atoms with van der Waals surface area (Å²) in [4.78, 5) is 0. The average Bonchev–Trinajstić information content (AvgIpc) is 2.88. The number of aliphatic hydroxyl groups is 1. The van der Waals surface area contributed by atoms with Crippen molar-refractivity contribution >= 4 is 0 Å². The van der Waals surface area contributed by atoms with E-state index < -0.39 is 6.10 Å². The highest BCUT2D eigenvalue weighted by atomic mass is 16.5. The Bertz CT molecular complexity index is 355. The van der Waals surface area contributed by atoms with Gasteiger partial charge < -0.3 is 9.84 Å². The lowest BCUT2D eigenvalue weighted by atomic mass is 10.0. The highest BCUT2D eigenvalue weighted by Gasteiger charge is 2.20. The molecule has 0 aliphatic carbocycles. The van der Waals surface area contributed by atoms with Gasteiger partial charge in [0.15, 0.2) is 0 Å². The molecule has 1 aromatic rings. The Morgan fingerprint density at radius 2 is 1.95 bits per heavy atom. The maximum atomic E-state index is 10.3. The minimum atomic E-state index is -0.472. The molecule has 20 heavy (non-hydrogen) atoms. The second kappa shape index (κ2) is 9.14. The molecule has 1 aromatic heterocycles. The third kappa shape index (κ3) is 4.91. The Hall–Kier alpha value is -0.870. The number of ether oxygens (including phenoxy) is 1. The molecule has 0 spiro atoms. The summed E-state index contributed by atoms with van der Waals surface area (Å²) in [7, 11) is 0. The van der Waals surface area contributed by atoms with Crippen molar-refractivity contribution < 1.29 is 9.84 Å². The Morgan fingerprint density at radius 3 is 2.50 bits per heavy atom. The lowest BCUT2D eigenvalue weighted by molar-refractivity contribution is -0.0367. The second-order valence-electron chi connectivity index (χ2n) is 5.31. The van der Waals surface area contributed by atoms with Crippen molar-refractivity contribution in [3.8, 4) is 0 Å². The molecule has 4 heteroatoms.